The molecule has 5 nitrogen and oxygen atoms in total. The van der Waals surface area contributed by atoms with Gasteiger partial charge in [0, 0.05) is 6.08 Å². The molecule has 140 valence electrons. The Balaban J connectivity index is 1.81. The molecule has 0 atom stereocenters. The van der Waals surface area contributed by atoms with E-state index in [0.29, 0.717) is 18.1 Å². The van der Waals surface area contributed by atoms with Crippen LogP contribution in [-0.4, -0.2) is 25.1 Å². The Labute approximate surface area is 164 Å². The zero-order chi connectivity index (χ0) is 19.8. The van der Waals surface area contributed by atoms with E-state index in [9.17, 15) is 4.79 Å². The minimum atomic E-state index is -0.502. The normalized spacial score (nSPS) is 14.6. The first-order valence-electron chi connectivity index (χ1n) is 8.78. The molecule has 5 heteroatoms. The molecule has 0 amide bonds. The molecular weight excluding hydrogens is 354 g/mol. The zero-order valence-electron chi connectivity index (χ0n) is 15.4. The Kier molecular flexibility index (Phi) is 6.27. The van der Waals surface area contributed by atoms with Crippen molar-refractivity contribution in [3.63, 3.8) is 0 Å². The number of carbonyl (C=O) groups excluding carboxylic acids is 1. The van der Waals surface area contributed by atoms with E-state index in [1.54, 1.807) is 30.4 Å². The average molecular weight is 373 g/mol. The molecule has 1 aliphatic heterocycles. The van der Waals surface area contributed by atoms with E-state index in [0.717, 1.165) is 11.1 Å². The van der Waals surface area contributed by atoms with Crippen molar-refractivity contribution >= 4 is 24.0 Å². The maximum Gasteiger partial charge on any atom is 0.363 e. The predicted molar refractivity (Wildman–Crippen MR) is 109 cm³/mol. The van der Waals surface area contributed by atoms with Gasteiger partial charge in [0.15, 0.2) is 17.2 Å². The van der Waals surface area contributed by atoms with Crippen LogP contribution in [0.5, 0.6) is 11.5 Å². The van der Waals surface area contributed by atoms with Crippen LogP contribution in [0.1, 0.15) is 18.1 Å². The SMILES string of the molecule is C#CCOc1ccc(C=C2N=C(C=Cc3ccccc3)OC2=O)cc1OCC. The molecule has 0 aromatic heterocycles. The summed E-state index contributed by atoms with van der Waals surface area (Å²) in [4.78, 5) is 16.3. The molecular formula is C23H19NO4. The quantitative estimate of drug-likeness (QED) is 0.416. The fraction of sp³-hybridized carbons (Fsp3) is 0.130. The minimum absolute atomic E-state index is 0.147. The maximum absolute atomic E-state index is 12.1. The number of carbonyl (C=O) groups is 1. The standard InChI is InChI=1S/C23H19NO4/c1-3-14-27-20-12-10-18(16-21(20)26-4-2)15-19-23(25)28-22(24-19)13-11-17-8-6-5-7-9-17/h1,5-13,15-16H,4,14H2,2H3. The number of rotatable bonds is 7. The molecule has 0 spiro atoms. The van der Waals surface area contributed by atoms with E-state index in [4.69, 9.17) is 20.6 Å². The summed E-state index contributed by atoms with van der Waals surface area (Å²) in [7, 11) is 0. The van der Waals surface area contributed by atoms with Gasteiger partial charge in [-0.25, -0.2) is 9.79 Å². The number of hydrogen-bond acceptors (Lipinski definition) is 5. The molecule has 0 saturated heterocycles. The molecule has 0 N–H and O–H groups in total. The van der Waals surface area contributed by atoms with E-state index >= 15 is 0 Å². The molecule has 0 fully saturated rings. The highest BCUT2D eigenvalue weighted by molar-refractivity contribution is 6.11. The van der Waals surface area contributed by atoms with E-state index in [1.165, 1.54) is 0 Å². The van der Waals surface area contributed by atoms with Crippen LogP contribution < -0.4 is 9.47 Å². The number of benzene rings is 2. The van der Waals surface area contributed by atoms with Crippen LogP contribution in [0.2, 0.25) is 0 Å². The van der Waals surface area contributed by atoms with Crippen LogP contribution in [0, 0.1) is 12.3 Å². The molecule has 0 radical (unpaired) electrons. The molecule has 2 aromatic rings. The van der Waals surface area contributed by atoms with Gasteiger partial charge in [0.2, 0.25) is 5.90 Å². The summed E-state index contributed by atoms with van der Waals surface area (Å²) in [6.45, 7) is 2.50. The molecule has 0 unspecified atom stereocenters. The highest BCUT2D eigenvalue weighted by Crippen LogP contribution is 2.30. The Hall–Kier alpha value is -3.78. The van der Waals surface area contributed by atoms with Gasteiger partial charge >= 0.3 is 5.97 Å². The molecule has 0 saturated carbocycles. The van der Waals surface area contributed by atoms with Gasteiger partial charge in [-0.1, -0.05) is 42.3 Å². The number of terminal acetylenes is 1. The van der Waals surface area contributed by atoms with Gasteiger partial charge < -0.3 is 14.2 Å². The Bertz CT molecular complexity index is 981. The third kappa shape index (κ3) is 4.89. The van der Waals surface area contributed by atoms with Gasteiger partial charge in [0.05, 0.1) is 6.61 Å². The molecule has 1 heterocycles. The van der Waals surface area contributed by atoms with Crippen molar-refractivity contribution in [2.75, 3.05) is 13.2 Å². The van der Waals surface area contributed by atoms with E-state index in [-0.39, 0.29) is 18.2 Å². The smallest absolute Gasteiger partial charge is 0.363 e. The molecule has 3 rings (SSSR count). The van der Waals surface area contributed by atoms with Crippen molar-refractivity contribution in [3.8, 4) is 23.8 Å². The van der Waals surface area contributed by atoms with E-state index in [2.05, 4.69) is 10.9 Å². The number of cyclic esters (lactones) is 1. The van der Waals surface area contributed by atoms with Crippen molar-refractivity contribution < 1.29 is 19.0 Å². The lowest BCUT2D eigenvalue weighted by atomic mass is 10.1. The van der Waals surface area contributed by atoms with Crippen molar-refractivity contribution in [2.45, 2.75) is 6.92 Å². The molecule has 0 aliphatic carbocycles. The van der Waals surface area contributed by atoms with Crippen LogP contribution in [0.3, 0.4) is 0 Å². The van der Waals surface area contributed by atoms with Crippen molar-refractivity contribution in [3.05, 3.63) is 71.4 Å². The van der Waals surface area contributed by atoms with Crippen molar-refractivity contribution in [1.29, 1.82) is 0 Å². The molecule has 28 heavy (non-hydrogen) atoms. The summed E-state index contributed by atoms with van der Waals surface area (Å²) in [5, 5.41) is 0. The van der Waals surface area contributed by atoms with Gasteiger partial charge in [0.1, 0.15) is 6.61 Å². The third-order valence-electron chi connectivity index (χ3n) is 3.74. The second-order valence-corrected chi connectivity index (χ2v) is 5.75. The average Bonchev–Trinajstić information content (AvgIpc) is 3.06. The van der Waals surface area contributed by atoms with Gasteiger partial charge in [0.25, 0.3) is 0 Å². The maximum atomic E-state index is 12.1. The minimum Gasteiger partial charge on any atom is -0.490 e. The van der Waals surface area contributed by atoms with E-state index in [1.807, 2.05) is 43.3 Å². The van der Waals surface area contributed by atoms with Crippen LogP contribution in [-0.2, 0) is 9.53 Å². The molecule has 2 aromatic carbocycles. The summed E-state index contributed by atoms with van der Waals surface area (Å²) >= 11 is 0. The first kappa shape index (κ1) is 19.0. The summed E-state index contributed by atoms with van der Waals surface area (Å²) in [6.07, 6.45) is 10.4. The number of nitrogens with zero attached hydrogens (tertiary/aromatic N) is 1. The Morgan fingerprint density at radius 1 is 1.07 bits per heavy atom. The van der Waals surface area contributed by atoms with Crippen LogP contribution in [0.25, 0.3) is 12.2 Å². The number of aliphatic imine (C=N–C) groups is 1. The lowest BCUT2D eigenvalue weighted by Gasteiger charge is -2.10. The monoisotopic (exact) mass is 373 g/mol. The Morgan fingerprint density at radius 2 is 1.89 bits per heavy atom. The Morgan fingerprint density at radius 3 is 2.64 bits per heavy atom. The largest absolute Gasteiger partial charge is 0.490 e. The zero-order valence-corrected chi connectivity index (χ0v) is 15.4. The first-order valence-corrected chi connectivity index (χ1v) is 8.78. The number of esters is 1. The summed E-state index contributed by atoms with van der Waals surface area (Å²) in [5.41, 5.74) is 1.94. The lowest BCUT2D eigenvalue weighted by Crippen LogP contribution is -2.01. The van der Waals surface area contributed by atoms with Crippen molar-refractivity contribution in [1.82, 2.24) is 0 Å². The first-order chi connectivity index (χ1) is 13.7. The van der Waals surface area contributed by atoms with E-state index < -0.39 is 5.97 Å². The highest BCUT2D eigenvalue weighted by atomic mass is 16.6. The highest BCUT2D eigenvalue weighted by Gasteiger charge is 2.21. The second kappa shape index (κ2) is 9.24. The predicted octanol–water partition coefficient (Wildman–Crippen LogP) is 4.11. The summed E-state index contributed by atoms with van der Waals surface area (Å²) in [6, 6.07) is 15.0. The lowest BCUT2D eigenvalue weighted by molar-refractivity contribution is -0.129. The fourth-order valence-electron chi connectivity index (χ4n) is 2.51. The van der Waals surface area contributed by atoms with Crippen molar-refractivity contribution in [2.24, 2.45) is 4.99 Å². The number of ether oxygens (including phenoxy) is 3. The summed E-state index contributed by atoms with van der Waals surface area (Å²) in [5.74, 6) is 3.26. The van der Waals surface area contributed by atoms with Gasteiger partial charge in [-0.15, -0.1) is 6.42 Å². The number of hydrogen-bond donors (Lipinski definition) is 0. The van der Waals surface area contributed by atoms with Crippen LogP contribution in [0.15, 0.2) is 65.3 Å². The van der Waals surface area contributed by atoms with Crippen LogP contribution >= 0.6 is 0 Å². The molecule has 1 aliphatic rings. The second-order valence-electron chi connectivity index (χ2n) is 5.75. The fourth-order valence-corrected chi connectivity index (χ4v) is 2.51. The van der Waals surface area contributed by atoms with Crippen LogP contribution in [0.4, 0.5) is 0 Å². The van der Waals surface area contributed by atoms with Gasteiger partial charge in [-0.3, -0.25) is 0 Å². The third-order valence-corrected chi connectivity index (χ3v) is 3.74. The van der Waals surface area contributed by atoms with Gasteiger partial charge in [-0.2, -0.15) is 0 Å². The topological polar surface area (TPSA) is 57.1 Å². The molecule has 0 bridgehead atoms. The van der Waals surface area contributed by atoms with Gasteiger partial charge in [-0.05, 0) is 42.3 Å². The summed E-state index contributed by atoms with van der Waals surface area (Å²) < 4.78 is 16.3.